The lowest BCUT2D eigenvalue weighted by Crippen LogP contribution is -2.44. The molecule has 2 nitrogen and oxygen atoms in total. The number of alkyl halides is 2. The summed E-state index contributed by atoms with van der Waals surface area (Å²) in [6, 6.07) is 0. The average Bonchev–Trinajstić information content (AvgIpc) is 2.15. The smallest absolute Gasteiger partial charge is 0.256 e. The van der Waals surface area contributed by atoms with Gasteiger partial charge in [0.15, 0.2) is 0 Å². The molecule has 1 amide bonds. The van der Waals surface area contributed by atoms with Crippen molar-refractivity contribution in [1.29, 1.82) is 0 Å². The number of nitrogens with zero attached hydrogens (tertiary/aromatic N) is 1. The molecule has 0 aliphatic carbocycles. The Morgan fingerprint density at radius 3 is 2.33 bits per heavy atom. The summed E-state index contributed by atoms with van der Waals surface area (Å²) >= 11 is 0. The van der Waals surface area contributed by atoms with Gasteiger partial charge >= 0.3 is 0 Å². The Morgan fingerprint density at radius 1 is 1.47 bits per heavy atom. The van der Waals surface area contributed by atoms with Crippen molar-refractivity contribution in [2.45, 2.75) is 32.6 Å². The highest BCUT2D eigenvalue weighted by Crippen LogP contribution is 2.26. The summed E-state index contributed by atoms with van der Waals surface area (Å²) in [7, 11) is 0. The van der Waals surface area contributed by atoms with Crippen molar-refractivity contribution in [3.8, 4) is 0 Å². The van der Waals surface area contributed by atoms with Crippen molar-refractivity contribution < 1.29 is 13.6 Å². The third kappa shape index (κ3) is 3.01. The molecule has 86 valence electrons. The molecule has 0 unspecified atom stereocenters. The number of rotatable bonds is 2. The number of piperidine rings is 1. The van der Waals surface area contributed by atoms with Gasteiger partial charge in [-0.3, -0.25) is 4.79 Å². The van der Waals surface area contributed by atoms with Crippen LogP contribution in [0.5, 0.6) is 0 Å². The highest BCUT2D eigenvalue weighted by molar-refractivity contribution is 5.79. The van der Waals surface area contributed by atoms with Crippen LogP contribution in [0.1, 0.15) is 26.7 Å². The van der Waals surface area contributed by atoms with E-state index in [9.17, 15) is 13.6 Å². The van der Waals surface area contributed by atoms with Crippen LogP contribution in [0, 0.1) is 5.92 Å². The van der Waals surface area contributed by atoms with Crippen LogP contribution < -0.4 is 0 Å². The maximum atomic E-state index is 12.9. The Hall–Kier alpha value is -0.930. The fraction of sp³-hybridized carbons (Fsp3) is 0.727. The van der Waals surface area contributed by atoms with Gasteiger partial charge in [-0.15, -0.1) is 0 Å². The van der Waals surface area contributed by atoms with E-state index in [1.54, 1.807) is 0 Å². The van der Waals surface area contributed by atoms with Crippen LogP contribution >= 0.6 is 0 Å². The van der Waals surface area contributed by atoms with Crippen molar-refractivity contribution in [3.05, 3.63) is 12.2 Å². The first kappa shape index (κ1) is 12.1. The van der Waals surface area contributed by atoms with Gasteiger partial charge in [0.25, 0.3) is 5.92 Å². The topological polar surface area (TPSA) is 20.3 Å². The lowest BCUT2D eigenvalue weighted by molar-refractivity contribution is -0.147. The Morgan fingerprint density at radius 2 is 1.93 bits per heavy atom. The normalized spacial score (nSPS) is 20.3. The number of carbonyl (C=O) groups excluding carboxylic acids is 1. The van der Waals surface area contributed by atoms with E-state index in [0.717, 1.165) is 25.3 Å². The van der Waals surface area contributed by atoms with Crippen molar-refractivity contribution >= 4 is 5.91 Å². The number of hydrogen-bond acceptors (Lipinski definition) is 1. The second-order valence-electron chi connectivity index (χ2n) is 4.25. The van der Waals surface area contributed by atoms with Crippen LogP contribution in [0.15, 0.2) is 12.2 Å². The Labute approximate surface area is 88.9 Å². The van der Waals surface area contributed by atoms with E-state index in [2.05, 4.69) is 6.58 Å². The van der Waals surface area contributed by atoms with E-state index < -0.39 is 17.7 Å². The zero-order valence-corrected chi connectivity index (χ0v) is 9.22. The van der Waals surface area contributed by atoms with Crippen molar-refractivity contribution in [1.82, 2.24) is 4.90 Å². The van der Waals surface area contributed by atoms with Crippen molar-refractivity contribution in [2.24, 2.45) is 5.92 Å². The van der Waals surface area contributed by atoms with Crippen molar-refractivity contribution in [2.75, 3.05) is 13.1 Å². The number of carbonyl (C=O) groups is 1. The molecule has 0 aromatic heterocycles. The predicted molar refractivity (Wildman–Crippen MR) is 54.7 cm³/mol. The average molecular weight is 217 g/mol. The zero-order chi connectivity index (χ0) is 11.6. The molecular formula is C11H17F2NO. The van der Waals surface area contributed by atoms with Crippen molar-refractivity contribution in [3.63, 3.8) is 0 Å². The van der Waals surface area contributed by atoms with Gasteiger partial charge in [0.2, 0.25) is 5.91 Å². The van der Waals surface area contributed by atoms with Gasteiger partial charge in [-0.2, -0.15) is 0 Å². The monoisotopic (exact) mass is 217 g/mol. The third-order valence-corrected chi connectivity index (χ3v) is 2.91. The van der Waals surface area contributed by atoms with E-state index in [1.165, 1.54) is 11.8 Å². The van der Waals surface area contributed by atoms with E-state index >= 15 is 0 Å². The zero-order valence-electron chi connectivity index (χ0n) is 9.22. The molecule has 1 aliphatic rings. The van der Waals surface area contributed by atoms with E-state index in [4.69, 9.17) is 0 Å². The van der Waals surface area contributed by atoms with Crippen LogP contribution in [-0.2, 0) is 4.79 Å². The van der Waals surface area contributed by atoms with Gasteiger partial charge in [-0.05, 0) is 19.8 Å². The molecule has 0 radical (unpaired) electrons. The van der Waals surface area contributed by atoms with Gasteiger partial charge in [0, 0.05) is 20.0 Å². The summed E-state index contributed by atoms with van der Waals surface area (Å²) in [6.45, 7) is 6.94. The Balaban J connectivity index is 2.58. The summed E-state index contributed by atoms with van der Waals surface area (Å²) in [5.74, 6) is -4.62. The largest absolute Gasteiger partial charge is 0.342 e. The number of likely N-dealkylation sites (tertiary alicyclic amines) is 1. The van der Waals surface area contributed by atoms with E-state index in [-0.39, 0.29) is 0 Å². The first-order chi connectivity index (χ1) is 6.82. The third-order valence-electron chi connectivity index (χ3n) is 2.91. The molecule has 15 heavy (non-hydrogen) atoms. The van der Waals surface area contributed by atoms with Gasteiger partial charge in [-0.25, -0.2) is 8.78 Å². The summed E-state index contributed by atoms with van der Waals surface area (Å²) in [6.07, 6.45) is 1.46. The van der Waals surface area contributed by atoms with Gasteiger partial charge < -0.3 is 4.90 Å². The van der Waals surface area contributed by atoms with E-state index in [1.807, 2.05) is 0 Å². The number of hydrogen-bond donors (Lipinski definition) is 0. The molecule has 0 N–H and O–H groups in total. The minimum absolute atomic E-state index is 0.449. The Bertz CT molecular complexity index is 260. The standard InChI is InChI=1S/C11H17F2NO/c1-8-4-6-14(7-5-8)10(15)9(2)11(3,12)13/h9H,1,4-7H2,2-3H3/t9-/m1/s1. The van der Waals surface area contributed by atoms with Crippen LogP contribution in [0.4, 0.5) is 8.78 Å². The molecule has 0 aromatic rings. The van der Waals surface area contributed by atoms with E-state index in [0.29, 0.717) is 13.1 Å². The second-order valence-corrected chi connectivity index (χ2v) is 4.25. The van der Waals surface area contributed by atoms with Gasteiger partial charge in [-0.1, -0.05) is 12.2 Å². The maximum absolute atomic E-state index is 12.9. The van der Waals surface area contributed by atoms with Crippen LogP contribution in [-0.4, -0.2) is 29.8 Å². The molecule has 0 aromatic carbocycles. The fourth-order valence-corrected chi connectivity index (χ4v) is 1.53. The molecule has 0 spiro atoms. The number of amides is 1. The SMILES string of the molecule is C=C1CCN(C(=O)[C@@H](C)C(C)(F)F)CC1. The summed E-state index contributed by atoms with van der Waals surface area (Å²) in [4.78, 5) is 13.2. The lowest BCUT2D eigenvalue weighted by Gasteiger charge is -2.31. The quantitative estimate of drug-likeness (QED) is 0.651. The molecule has 1 heterocycles. The molecular weight excluding hydrogens is 200 g/mol. The highest BCUT2D eigenvalue weighted by atomic mass is 19.3. The van der Waals surface area contributed by atoms with Gasteiger partial charge in [0.1, 0.15) is 0 Å². The minimum atomic E-state index is -2.94. The summed E-state index contributed by atoms with van der Waals surface area (Å²) in [5.41, 5.74) is 1.09. The minimum Gasteiger partial charge on any atom is -0.342 e. The first-order valence-electron chi connectivity index (χ1n) is 5.15. The molecule has 1 fully saturated rings. The molecule has 4 heteroatoms. The molecule has 0 bridgehead atoms. The van der Waals surface area contributed by atoms with Crippen LogP contribution in [0.3, 0.4) is 0 Å². The molecule has 1 atom stereocenters. The van der Waals surface area contributed by atoms with Gasteiger partial charge in [0.05, 0.1) is 5.92 Å². The lowest BCUT2D eigenvalue weighted by atomic mass is 10.00. The van der Waals surface area contributed by atoms with Crippen LogP contribution in [0.25, 0.3) is 0 Å². The summed E-state index contributed by atoms with van der Waals surface area (Å²) in [5, 5.41) is 0. The molecule has 1 saturated heterocycles. The molecule has 1 rings (SSSR count). The summed E-state index contributed by atoms with van der Waals surface area (Å²) < 4.78 is 25.9. The maximum Gasteiger partial charge on any atom is 0.256 e. The predicted octanol–water partition coefficient (Wildman–Crippen LogP) is 2.46. The first-order valence-corrected chi connectivity index (χ1v) is 5.15. The highest BCUT2D eigenvalue weighted by Gasteiger charge is 2.38. The van der Waals surface area contributed by atoms with Crippen LogP contribution in [0.2, 0.25) is 0 Å². The molecule has 1 aliphatic heterocycles. The fourth-order valence-electron chi connectivity index (χ4n) is 1.53. The number of halogens is 2. The Kier molecular flexibility index (Phi) is 3.47. The second kappa shape index (κ2) is 4.29. The molecule has 0 saturated carbocycles.